The molecule has 0 bridgehead atoms. The summed E-state index contributed by atoms with van der Waals surface area (Å²) in [6, 6.07) is 0.629. The molecule has 0 saturated carbocycles. The van der Waals surface area contributed by atoms with Gasteiger partial charge < -0.3 is 10.2 Å². The summed E-state index contributed by atoms with van der Waals surface area (Å²) in [7, 11) is 0. The minimum atomic E-state index is 0.629. The SMILES string of the molecule is CCCC1CCN(CCNC(C)C)C1. The molecule has 0 aromatic rings. The normalized spacial score (nSPS) is 23.6. The molecule has 1 rings (SSSR count). The first-order chi connectivity index (χ1) is 6.72. The second-order valence-electron chi connectivity index (χ2n) is 4.85. The van der Waals surface area contributed by atoms with Crippen LogP contribution in [0.3, 0.4) is 0 Å². The number of likely N-dealkylation sites (tertiary alicyclic amines) is 1. The largest absolute Gasteiger partial charge is 0.313 e. The first kappa shape index (κ1) is 12.0. The molecule has 1 saturated heterocycles. The summed E-state index contributed by atoms with van der Waals surface area (Å²) in [4.78, 5) is 2.61. The van der Waals surface area contributed by atoms with Gasteiger partial charge in [0, 0.05) is 25.7 Å². The second-order valence-corrected chi connectivity index (χ2v) is 4.85. The topological polar surface area (TPSA) is 15.3 Å². The van der Waals surface area contributed by atoms with Crippen molar-refractivity contribution in [3.8, 4) is 0 Å². The van der Waals surface area contributed by atoms with E-state index in [2.05, 4.69) is 31.0 Å². The molecular weight excluding hydrogens is 172 g/mol. The van der Waals surface area contributed by atoms with Crippen molar-refractivity contribution in [2.24, 2.45) is 5.92 Å². The molecule has 1 atom stereocenters. The maximum absolute atomic E-state index is 3.48. The summed E-state index contributed by atoms with van der Waals surface area (Å²) in [5.41, 5.74) is 0. The number of hydrogen-bond acceptors (Lipinski definition) is 2. The molecule has 0 radical (unpaired) electrons. The molecule has 0 aromatic heterocycles. The highest BCUT2D eigenvalue weighted by molar-refractivity contribution is 4.75. The van der Waals surface area contributed by atoms with E-state index in [0.717, 1.165) is 12.5 Å². The maximum Gasteiger partial charge on any atom is 0.0107 e. The summed E-state index contributed by atoms with van der Waals surface area (Å²) in [5.74, 6) is 0.985. The lowest BCUT2D eigenvalue weighted by Crippen LogP contribution is -2.33. The predicted molar refractivity (Wildman–Crippen MR) is 62.6 cm³/mol. The molecule has 0 spiro atoms. The second kappa shape index (κ2) is 6.41. The molecule has 84 valence electrons. The van der Waals surface area contributed by atoms with Gasteiger partial charge in [0.25, 0.3) is 0 Å². The van der Waals surface area contributed by atoms with Gasteiger partial charge in [0.15, 0.2) is 0 Å². The van der Waals surface area contributed by atoms with Crippen LogP contribution in [0.15, 0.2) is 0 Å². The number of nitrogens with one attached hydrogen (secondary N) is 1. The molecule has 1 heterocycles. The zero-order valence-corrected chi connectivity index (χ0v) is 10.1. The summed E-state index contributed by atoms with van der Waals surface area (Å²) in [6.45, 7) is 11.8. The smallest absolute Gasteiger partial charge is 0.0107 e. The molecule has 0 aliphatic carbocycles. The van der Waals surface area contributed by atoms with Crippen LogP contribution in [0.25, 0.3) is 0 Å². The molecule has 2 nitrogen and oxygen atoms in total. The van der Waals surface area contributed by atoms with Crippen LogP contribution in [0.2, 0.25) is 0 Å². The minimum absolute atomic E-state index is 0.629. The van der Waals surface area contributed by atoms with Crippen LogP contribution in [0.1, 0.15) is 40.0 Å². The van der Waals surface area contributed by atoms with E-state index in [4.69, 9.17) is 0 Å². The Morgan fingerprint density at radius 3 is 2.86 bits per heavy atom. The molecule has 1 aliphatic rings. The van der Waals surface area contributed by atoms with Gasteiger partial charge in [0.2, 0.25) is 0 Å². The van der Waals surface area contributed by atoms with Crippen molar-refractivity contribution in [2.45, 2.75) is 46.1 Å². The predicted octanol–water partition coefficient (Wildman–Crippen LogP) is 2.11. The molecular formula is C12H26N2. The molecule has 0 aromatic carbocycles. The van der Waals surface area contributed by atoms with E-state index >= 15 is 0 Å². The van der Waals surface area contributed by atoms with Crippen molar-refractivity contribution in [2.75, 3.05) is 26.2 Å². The van der Waals surface area contributed by atoms with Crippen LogP contribution in [0.4, 0.5) is 0 Å². The van der Waals surface area contributed by atoms with Gasteiger partial charge in [-0.05, 0) is 25.3 Å². The Balaban J connectivity index is 2.04. The van der Waals surface area contributed by atoms with Crippen LogP contribution in [0, 0.1) is 5.92 Å². The van der Waals surface area contributed by atoms with Gasteiger partial charge in [-0.3, -0.25) is 0 Å². The lowest BCUT2D eigenvalue weighted by molar-refractivity contribution is 0.314. The van der Waals surface area contributed by atoms with Crippen LogP contribution in [-0.4, -0.2) is 37.1 Å². The monoisotopic (exact) mass is 198 g/mol. The highest BCUT2D eigenvalue weighted by atomic mass is 15.2. The first-order valence-electron chi connectivity index (χ1n) is 6.18. The van der Waals surface area contributed by atoms with Crippen molar-refractivity contribution >= 4 is 0 Å². The minimum Gasteiger partial charge on any atom is -0.313 e. The van der Waals surface area contributed by atoms with Crippen LogP contribution in [0.5, 0.6) is 0 Å². The highest BCUT2D eigenvalue weighted by Crippen LogP contribution is 2.19. The Bertz CT molecular complexity index is 145. The van der Waals surface area contributed by atoms with Gasteiger partial charge >= 0.3 is 0 Å². The Morgan fingerprint density at radius 1 is 1.43 bits per heavy atom. The highest BCUT2D eigenvalue weighted by Gasteiger charge is 2.20. The molecule has 2 heteroatoms. The zero-order chi connectivity index (χ0) is 10.4. The standard InChI is InChI=1S/C12H26N2/c1-4-5-12-6-8-14(10-12)9-7-13-11(2)3/h11-13H,4-10H2,1-3H3. The van der Waals surface area contributed by atoms with Crippen LogP contribution < -0.4 is 5.32 Å². The molecule has 1 N–H and O–H groups in total. The summed E-state index contributed by atoms with van der Waals surface area (Å²) in [6.07, 6.45) is 4.20. The van der Waals surface area contributed by atoms with Crippen molar-refractivity contribution in [1.29, 1.82) is 0 Å². The molecule has 14 heavy (non-hydrogen) atoms. The zero-order valence-electron chi connectivity index (χ0n) is 10.1. The van der Waals surface area contributed by atoms with Crippen molar-refractivity contribution in [3.63, 3.8) is 0 Å². The quantitative estimate of drug-likeness (QED) is 0.703. The third-order valence-corrected chi connectivity index (χ3v) is 3.05. The van der Waals surface area contributed by atoms with Crippen molar-refractivity contribution in [3.05, 3.63) is 0 Å². The van der Waals surface area contributed by atoms with E-state index in [1.165, 1.54) is 38.9 Å². The Hall–Kier alpha value is -0.0800. The summed E-state index contributed by atoms with van der Waals surface area (Å²) in [5, 5.41) is 3.48. The number of nitrogens with zero attached hydrogens (tertiary/aromatic N) is 1. The molecule has 1 aliphatic heterocycles. The first-order valence-corrected chi connectivity index (χ1v) is 6.18. The summed E-state index contributed by atoms with van der Waals surface area (Å²) < 4.78 is 0. The lowest BCUT2D eigenvalue weighted by Gasteiger charge is -2.17. The fourth-order valence-electron chi connectivity index (χ4n) is 2.27. The Morgan fingerprint density at radius 2 is 2.21 bits per heavy atom. The third-order valence-electron chi connectivity index (χ3n) is 3.05. The number of rotatable bonds is 6. The maximum atomic E-state index is 3.48. The van der Waals surface area contributed by atoms with E-state index < -0.39 is 0 Å². The van der Waals surface area contributed by atoms with Gasteiger partial charge in [-0.25, -0.2) is 0 Å². The molecule has 1 unspecified atom stereocenters. The fourth-order valence-corrected chi connectivity index (χ4v) is 2.27. The van der Waals surface area contributed by atoms with Gasteiger partial charge in [0.05, 0.1) is 0 Å². The summed E-state index contributed by atoms with van der Waals surface area (Å²) >= 11 is 0. The third kappa shape index (κ3) is 4.43. The van der Waals surface area contributed by atoms with Gasteiger partial charge in [0.1, 0.15) is 0 Å². The van der Waals surface area contributed by atoms with Gasteiger partial charge in [-0.15, -0.1) is 0 Å². The van der Waals surface area contributed by atoms with Gasteiger partial charge in [-0.1, -0.05) is 27.2 Å². The van der Waals surface area contributed by atoms with Crippen LogP contribution >= 0.6 is 0 Å². The fraction of sp³-hybridized carbons (Fsp3) is 1.00. The van der Waals surface area contributed by atoms with Crippen molar-refractivity contribution in [1.82, 2.24) is 10.2 Å². The average molecular weight is 198 g/mol. The van der Waals surface area contributed by atoms with E-state index in [0.29, 0.717) is 6.04 Å². The van der Waals surface area contributed by atoms with E-state index in [1.807, 2.05) is 0 Å². The van der Waals surface area contributed by atoms with E-state index in [9.17, 15) is 0 Å². The van der Waals surface area contributed by atoms with Crippen molar-refractivity contribution < 1.29 is 0 Å². The van der Waals surface area contributed by atoms with E-state index in [1.54, 1.807) is 0 Å². The molecule has 1 fully saturated rings. The Labute approximate surface area is 89.1 Å². The number of hydrogen-bond donors (Lipinski definition) is 1. The van der Waals surface area contributed by atoms with Gasteiger partial charge in [-0.2, -0.15) is 0 Å². The lowest BCUT2D eigenvalue weighted by atomic mass is 10.0. The van der Waals surface area contributed by atoms with Crippen LogP contribution in [-0.2, 0) is 0 Å². The average Bonchev–Trinajstić information content (AvgIpc) is 2.53. The Kier molecular flexibility index (Phi) is 5.49. The molecule has 0 amide bonds. The van der Waals surface area contributed by atoms with E-state index in [-0.39, 0.29) is 0 Å².